The van der Waals surface area contributed by atoms with Gasteiger partial charge >= 0.3 is 0 Å². The monoisotopic (exact) mass is 422 g/mol. The van der Waals surface area contributed by atoms with Crippen molar-refractivity contribution in [3.8, 4) is 0 Å². The normalized spacial score (nSPS) is 11.6. The van der Waals surface area contributed by atoms with Gasteiger partial charge in [0.2, 0.25) is 21.8 Å². The average Bonchev–Trinajstić information content (AvgIpc) is 3.12. The number of nitrogens with zero attached hydrogens (tertiary/aromatic N) is 1. The van der Waals surface area contributed by atoms with Crippen LogP contribution < -0.4 is 15.4 Å². The van der Waals surface area contributed by atoms with Crippen LogP contribution in [0.5, 0.6) is 0 Å². The minimum absolute atomic E-state index is 0.0146. The highest BCUT2D eigenvalue weighted by atomic mass is 32.2. The molecule has 29 heavy (non-hydrogen) atoms. The van der Waals surface area contributed by atoms with Crippen LogP contribution in [0, 0.1) is 0 Å². The Labute approximate surface area is 170 Å². The molecule has 2 aromatic rings. The van der Waals surface area contributed by atoms with Crippen LogP contribution in [-0.4, -0.2) is 51.3 Å². The number of nitrogens with one attached hydrogen (secondary N) is 3. The Morgan fingerprint density at radius 1 is 1.10 bits per heavy atom. The van der Waals surface area contributed by atoms with Crippen molar-refractivity contribution in [2.75, 3.05) is 25.5 Å². The summed E-state index contributed by atoms with van der Waals surface area (Å²) >= 11 is 0. The number of rotatable bonds is 10. The van der Waals surface area contributed by atoms with Crippen LogP contribution >= 0.6 is 0 Å². The Balaban J connectivity index is 1.93. The van der Waals surface area contributed by atoms with E-state index in [2.05, 4.69) is 15.4 Å². The van der Waals surface area contributed by atoms with Crippen LogP contribution in [0.1, 0.15) is 19.6 Å². The number of benzene rings is 1. The standard InChI is InChI=1S/C19H26N4O5S/c1-14(2)21-18(24)12-23(3)13-19(25)22-15-6-4-8-17(10-15)29(26,27)20-11-16-7-5-9-28-16/h4-10,14,20H,11-13H2,1-3H3,(H,21,24)(H,22,25). The molecule has 2 amide bonds. The average molecular weight is 423 g/mol. The summed E-state index contributed by atoms with van der Waals surface area (Å²) < 4.78 is 32.4. The third kappa shape index (κ3) is 7.68. The molecule has 0 radical (unpaired) electrons. The quantitative estimate of drug-likeness (QED) is 0.528. The second-order valence-corrected chi connectivity index (χ2v) is 8.64. The highest BCUT2D eigenvalue weighted by molar-refractivity contribution is 7.89. The van der Waals surface area contributed by atoms with Crippen LogP contribution in [0.4, 0.5) is 5.69 Å². The van der Waals surface area contributed by atoms with Crippen LogP contribution in [0.2, 0.25) is 0 Å². The van der Waals surface area contributed by atoms with Gasteiger partial charge in [-0.15, -0.1) is 0 Å². The Hall–Kier alpha value is -2.69. The highest BCUT2D eigenvalue weighted by Gasteiger charge is 2.16. The van der Waals surface area contributed by atoms with E-state index in [9.17, 15) is 18.0 Å². The Bertz CT molecular complexity index is 926. The zero-order valence-electron chi connectivity index (χ0n) is 16.6. The van der Waals surface area contributed by atoms with Gasteiger partial charge in [-0.3, -0.25) is 14.5 Å². The number of hydrogen-bond acceptors (Lipinski definition) is 6. The molecule has 0 aliphatic carbocycles. The lowest BCUT2D eigenvalue weighted by molar-refractivity contribution is -0.123. The summed E-state index contributed by atoms with van der Waals surface area (Å²) in [5.41, 5.74) is 0.343. The van der Waals surface area contributed by atoms with Gasteiger partial charge in [-0.2, -0.15) is 0 Å². The minimum atomic E-state index is -3.77. The molecule has 0 aliphatic heterocycles. The van der Waals surface area contributed by atoms with E-state index in [0.717, 1.165) is 0 Å². The number of furan rings is 1. The molecule has 0 saturated heterocycles. The van der Waals surface area contributed by atoms with Gasteiger partial charge in [0, 0.05) is 11.7 Å². The van der Waals surface area contributed by atoms with Crippen LogP contribution in [0.25, 0.3) is 0 Å². The number of sulfonamides is 1. The second-order valence-electron chi connectivity index (χ2n) is 6.87. The van der Waals surface area contributed by atoms with Crippen molar-refractivity contribution in [3.05, 3.63) is 48.4 Å². The third-order valence-corrected chi connectivity index (χ3v) is 5.12. The lowest BCUT2D eigenvalue weighted by Gasteiger charge is -2.17. The maximum absolute atomic E-state index is 12.4. The molecule has 0 aliphatic rings. The maximum Gasteiger partial charge on any atom is 0.241 e. The Morgan fingerprint density at radius 2 is 1.83 bits per heavy atom. The molecule has 3 N–H and O–H groups in total. The zero-order valence-corrected chi connectivity index (χ0v) is 17.5. The summed E-state index contributed by atoms with van der Waals surface area (Å²) in [4.78, 5) is 25.5. The van der Waals surface area contributed by atoms with Gasteiger partial charge in [0.25, 0.3) is 0 Å². The molecule has 158 valence electrons. The Morgan fingerprint density at radius 3 is 2.48 bits per heavy atom. The van der Waals surface area contributed by atoms with E-state index in [-0.39, 0.29) is 42.4 Å². The summed E-state index contributed by atoms with van der Waals surface area (Å²) in [6.45, 7) is 3.80. The van der Waals surface area contributed by atoms with E-state index in [1.54, 1.807) is 30.1 Å². The van der Waals surface area contributed by atoms with Gasteiger partial charge in [0.15, 0.2) is 0 Å². The highest BCUT2D eigenvalue weighted by Crippen LogP contribution is 2.16. The summed E-state index contributed by atoms with van der Waals surface area (Å²) in [7, 11) is -2.12. The fraction of sp³-hybridized carbons (Fsp3) is 0.368. The van der Waals surface area contributed by atoms with E-state index in [0.29, 0.717) is 11.4 Å². The SMILES string of the molecule is CC(C)NC(=O)CN(C)CC(=O)Nc1cccc(S(=O)(=O)NCc2ccco2)c1. The fourth-order valence-corrected chi connectivity index (χ4v) is 3.56. The molecule has 0 atom stereocenters. The molecule has 0 fully saturated rings. The van der Waals surface area contributed by atoms with Crippen LogP contribution in [-0.2, 0) is 26.2 Å². The zero-order chi connectivity index (χ0) is 21.4. The van der Waals surface area contributed by atoms with Crippen LogP contribution in [0.3, 0.4) is 0 Å². The molecular formula is C19H26N4O5S. The minimum Gasteiger partial charge on any atom is -0.468 e. The molecule has 1 aromatic heterocycles. The number of likely N-dealkylation sites (N-methyl/N-ethyl adjacent to an activating group) is 1. The molecule has 0 spiro atoms. The number of anilines is 1. The van der Waals surface area contributed by atoms with Crippen molar-refractivity contribution in [2.24, 2.45) is 0 Å². The summed E-state index contributed by atoms with van der Waals surface area (Å²) in [6, 6.07) is 9.29. The molecule has 2 rings (SSSR count). The van der Waals surface area contributed by atoms with Crippen molar-refractivity contribution in [1.82, 2.24) is 14.9 Å². The van der Waals surface area contributed by atoms with Crippen molar-refractivity contribution in [2.45, 2.75) is 31.3 Å². The van der Waals surface area contributed by atoms with Gasteiger partial charge in [0.1, 0.15) is 5.76 Å². The van der Waals surface area contributed by atoms with Gasteiger partial charge in [0.05, 0.1) is 30.8 Å². The predicted octanol–water partition coefficient (Wildman–Crippen LogP) is 1.15. The molecule has 0 bridgehead atoms. The first kappa shape index (κ1) is 22.6. The number of carbonyl (C=O) groups is 2. The first-order valence-electron chi connectivity index (χ1n) is 9.05. The molecular weight excluding hydrogens is 396 g/mol. The second kappa shape index (κ2) is 10.2. The van der Waals surface area contributed by atoms with Gasteiger partial charge in [-0.25, -0.2) is 13.1 Å². The van der Waals surface area contributed by atoms with E-state index in [1.807, 2.05) is 13.8 Å². The molecule has 1 heterocycles. The van der Waals surface area contributed by atoms with E-state index in [4.69, 9.17) is 4.42 Å². The van der Waals surface area contributed by atoms with Gasteiger partial charge < -0.3 is 15.1 Å². The Kier molecular flexibility index (Phi) is 7.94. The van der Waals surface area contributed by atoms with Crippen molar-refractivity contribution >= 4 is 27.5 Å². The van der Waals surface area contributed by atoms with Gasteiger partial charge in [-0.1, -0.05) is 6.07 Å². The summed E-state index contributed by atoms with van der Waals surface area (Å²) in [5.74, 6) is -0.0449. The maximum atomic E-state index is 12.4. The summed E-state index contributed by atoms with van der Waals surface area (Å²) in [6.07, 6.45) is 1.46. The fourth-order valence-electron chi connectivity index (χ4n) is 2.52. The molecule has 9 nitrogen and oxygen atoms in total. The van der Waals surface area contributed by atoms with Crippen molar-refractivity contribution in [1.29, 1.82) is 0 Å². The third-order valence-electron chi connectivity index (χ3n) is 3.72. The van der Waals surface area contributed by atoms with Gasteiger partial charge in [-0.05, 0) is 51.2 Å². The first-order valence-corrected chi connectivity index (χ1v) is 10.5. The van der Waals surface area contributed by atoms with Crippen molar-refractivity contribution in [3.63, 3.8) is 0 Å². The van der Waals surface area contributed by atoms with Crippen LogP contribution in [0.15, 0.2) is 52.0 Å². The van der Waals surface area contributed by atoms with Crippen molar-refractivity contribution < 1.29 is 22.4 Å². The molecule has 0 saturated carbocycles. The lowest BCUT2D eigenvalue weighted by atomic mass is 10.3. The molecule has 10 heteroatoms. The lowest BCUT2D eigenvalue weighted by Crippen LogP contribution is -2.41. The molecule has 0 unspecified atom stereocenters. The predicted molar refractivity (Wildman–Crippen MR) is 109 cm³/mol. The number of hydrogen-bond donors (Lipinski definition) is 3. The topological polar surface area (TPSA) is 121 Å². The number of amides is 2. The molecule has 1 aromatic carbocycles. The van der Waals surface area contributed by atoms with E-state index in [1.165, 1.54) is 24.5 Å². The largest absolute Gasteiger partial charge is 0.468 e. The number of carbonyl (C=O) groups excluding carboxylic acids is 2. The first-order chi connectivity index (χ1) is 13.7. The smallest absolute Gasteiger partial charge is 0.241 e. The van der Waals surface area contributed by atoms with E-state index < -0.39 is 10.0 Å². The van der Waals surface area contributed by atoms with E-state index >= 15 is 0 Å². The summed E-state index contributed by atoms with van der Waals surface area (Å²) in [5, 5.41) is 5.40.